The van der Waals surface area contributed by atoms with E-state index in [0.717, 1.165) is 11.4 Å². The van der Waals surface area contributed by atoms with Crippen molar-refractivity contribution in [2.24, 2.45) is 5.73 Å². The van der Waals surface area contributed by atoms with Crippen LogP contribution in [0.5, 0.6) is 0 Å². The highest BCUT2D eigenvalue weighted by atomic mass is 19.1. The van der Waals surface area contributed by atoms with Gasteiger partial charge in [-0.15, -0.1) is 0 Å². The number of halogens is 1. The van der Waals surface area contributed by atoms with E-state index in [1.54, 1.807) is 12.4 Å². The molecule has 1 aliphatic carbocycles. The zero-order valence-electron chi connectivity index (χ0n) is 8.91. The number of nitrogens with two attached hydrogens (primary N) is 1. The van der Waals surface area contributed by atoms with Gasteiger partial charge in [-0.05, 0) is 38.3 Å². The van der Waals surface area contributed by atoms with E-state index >= 15 is 0 Å². The van der Waals surface area contributed by atoms with Crippen molar-refractivity contribution in [3.8, 4) is 0 Å². The highest BCUT2D eigenvalue weighted by Crippen LogP contribution is 2.46. The van der Waals surface area contributed by atoms with Gasteiger partial charge in [0.15, 0.2) is 0 Å². The van der Waals surface area contributed by atoms with Crippen molar-refractivity contribution in [3.05, 3.63) is 23.8 Å². The van der Waals surface area contributed by atoms with Gasteiger partial charge in [0.05, 0.1) is 0 Å². The molecule has 1 aliphatic rings. The lowest BCUT2D eigenvalue weighted by Gasteiger charge is -2.16. The Kier molecular flexibility index (Phi) is 2.69. The van der Waals surface area contributed by atoms with Gasteiger partial charge in [-0.3, -0.25) is 0 Å². The van der Waals surface area contributed by atoms with Gasteiger partial charge < -0.3 is 5.73 Å². The summed E-state index contributed by atoms with van der Waals surface area (Å²) < 4.78 is 13.6. The maximum atomic E-state index is 13.6. The van der Waals surface area contributed by atoms with E-state index in [9.17, 15) is 4.39 Å². The number of nitrogens with zero attached hydrogens (tertiary/aromatic N) is 2. The molecule has 1 aromatic rings. The Labute approximate surface area is 88.9 Å². The molecule has 0 unspecified atom stereocenters. The van der Waals surface area contributed by atoms with E-state index < -0.39 is 5.67 Å². The van der Waals surface area contributed by atoms with Crippen molar-refractivity contribution in [2.45, 2.75) is 37.8 Å². The van der Waals surface area contributed by atoms with Gasteiger partial charge >= 0.3 is 0 Å². The molecule has 82 valence electrons. The van der Waals surface area contributed by atoms with E-state index in [4.69, 9.17) is 5.73 Å². The maximum Gasteiger partial charge on any atom is 0.125 e. The third kappa shape index (κ3) is 2.50. The first-order chi connectivity index (χ1) is 7.13. The number of hydrogen-bond acceptors (Lipinski definition) is 3. The van der Waals surface area contributed by atoms with Crippen LogP contribution < -0.4 is 5.73 Å². The summed E-state index contributed by atoms with van der Waals surface area (Å²) in [6, 6.07) is 0. The van der Waals surface area contributed by atoms with Crippen LogP contribution in [0, 0.1) is 6.92 Å². The Morgan fingerprint density at radius 1 is 1.47 bits per heavy atom. The topological polar surface area (TPSA) is 51.8 Å². The minimum atomic E-state index is -0.963. The molecule has 0 bridgehead atoms. The Morgan fingerprint density at radius 3 is 2.53 bits per heavy atom. The SMILES string of the molecule is Cc1ncc([C@H](CN)CC2(F)CC2)cn1. The standard InChI is InChI=1S/C11H16FN3/c1-8-14-6-10(7-15-8)9(5-13)4-11(12)2-3-11/h6-7,9H,2-5,13H2,1H3/t9-/m0/s1. The van der Waals surface area contributed by atoms with Crippen molar-refractivity contribution >= 4 is 0 Å². The smallest absolute Gasteiger partial charge is 0.125 e. The fourth-order valence-corrected chi connectivity index (χ4v) is 1.73. The average Bonchev–Trinajstić information content (AvgIpc) is 2.95. The quantitative estimate of drug-likeness (QED) is 0.821. The highest BCUT2D eigenvalue weighted by molar-refractivity contribution is 5.15. The summed E-state index contributed by atoms with van der Waals surface area (Å²) in [6.45, 7) is 2.29. The molecule has 0 aromatic carbocycles. The van der Waals surface area contributed by atoms with E-state index in [1.807, 2.05) is 6.92 Å². The predicted molar refractivity (Wildman–Crippen MR) is 56.3 cm³/mol. The van der Waals surface area contributed by atoms with Crippen LogP contribution in [0.15, 0.2) is 12.4 Å². The van der Waals surface area contributed by atoms with Crippen LogP contribution in [0.3, 0.4) is 0 Å². The lowest BCUT2D eigenvalue weighted by atomic mass is 9.95. The lowest BCUT2D eigenvalue weighted by molar-refractivity contribution is 0.271. The fourth-order valence-electron chi connectivity index (χ4n) is 1.73. The second kappa shape index (κ2) is 3.85. The lowest BCUT2D eigenvalue weighted by Crippen LogP contribution is -2.18. The molecule has 0 spiro atoms. The molecular formula is C11H16FN3. The summed E-state index contributed by atoms with van der Waals surface area (Å²) in [5.41, 5.74) is 5.64. The first-order valence-corrected chi connectivity index (χ1v) is 5.30. The van der Waals surface area contributed by atoms with Crippen molar-refractivity contribution in [3.63, 3.8) is 0 Å². The second-order valence-electron chi connectivity index (χ2n) is 4.35. The van der Waals surface area contributed by atoms with Crippen LogP contribution in [0.25, 0.3) is 0 Å². The Hall–Kier alpha value is -1.03. The first-order valence-electron chi connectivity index (χ1n) is 5.30. The first kappa shape index (κ1) is 10.5. The summed E-state index contributed by atoms with van der Waals surface area (Å²) in [4.78, 5) is 8.22. The second-order valence-corrected chi connectivity index (χ2v) is 4.35. The number of rotatable bonds is 4. The van der Waals surface area contributed by atoms with Crippen molar-refractivity contribution < 1.29 is 4.39 Å². The predicted octanol–water partition coefficient (Wildman–Crippen LogP) is 1.72. The molecule has 2 N–H and O–H groups in total. The highest BCUT2D eigenvalue weighted by Gasteiger charge is 2.44. The van der Waals surface area contributed by atoms with Gasteiger partial charge in [-0.1, -0.05) is 0 Å². The number of hydrogen-bond donors (Lipinski definition) is 1. The summed E-state index contributed by atoms with van der Waals surface area (Å²) in [5.74, 6) is 0.786. The Balaban J connectivity index is 2.08. The Bertz CT molecular complexity index is 332. The number of aryl methyl sites for hydroxylation is 1. The minimum Gasteiger partial charge on any atom is -0.330 e. The van der Waals surface area contributed by atoms with Crippen molar-refractivity contribution in [1.82, 2.24) is 9.97 Å². The van der Waals surface area contributed by atoms with Crippen LogP contribution in [0.2, 0.25) is 0 Å². The molecule has 0 aliphatic heterocycles. The molecule has 3 nitrogen and oxygen atoms in total. The minimum absolute atomic E-state index is 0.0538. The third-order valence-electron chi connectivity index (χ3n) is 2.96. The molecule has 0 saturated heterocycles. The summed E-state index contributed by atoms with van der Waals surface area (Å²) in [6.07, 6.45) is 5.37. The van der Waals surface area contributed by atoms with Crippen molar-refractivity contribution in [2.75, 3.05) is 6.54 Å². The van der Waals surface area contributed by atoms with Gasteiger partial charge in [0, 0.05) is 18.3 Å². The normalized spacial score (nSPS) is 19.9. The van der Waals surface area contributed by atoms with Gasteiger partial charge in [0.2, 0.25) is 0 Å². The molecule has 0 radical (unpaired) electrons. The zero-order valence-corrected chi connectivity index (χ0v) is 8.91. The molecule has 1 aromatic heterocycles. The number of alkyl halides is 1. The van der Waals surface area contributed by atoms with Crippen LogP contribution in [0.1, 0.15) is 36.6 Å². The van der Waals surface area contributed by atoms with Gasteiger partial charge in [-0.25, -0.2) is 14.4 Å². The van der Waals surface area contributed by atoms with Crippen LogP contribution in [-0.2, 0) is 0 Å². The summed E-state index contributed by atoms with van der Waals surface area (Å²) in [5, 5.41) is 0. The van der Waals surface area contributed by atoms with E-state index in [0.29, 0.717) is 25.8 Å². The van der Waals surface area contributed by atoms with Crippen LogP contribution >= 0.6 is 0 Å². The molecule has 1 fully saturated rings. The number of aromatic nitrogens is 2. The van der Waals surface area contributed by atoms with E-state index in [1.165, 1.54) is 0 Å². The van der Waals surface area contributed by atoms with Crippen molar-refractivity contribution in [1.29, 1.82) is 0 Å². The zero-order chi connectivity index (χ0) is 10.9. The largest absolute Gasteiger partial charge is 0.330 e. The monoisotopic (exact) mass is 209 g/mol. The van der Waals surface area contributed by atoms with Crippen LogP contribution in [-0.4, -0.2) is 22.2 Å². The molecule has 1 heterocycles. The van der Waals surface area contributed by atoms with Crippen LogP contribution in [0.4, 0.5) is 4.39 Å². The van der Waals surface area contributed by atoms with E-state index in [2.05, 4.69) is 9.97 Å². The summed E-state index contributed by atoms with van der Waals surface area (Å²) in [7, 11) is 0. The maximum absolute atomic E-state index is 13.6. The third-order valence-corrected chi connectivity index (χ3v) is 2.96. The molecule has 1 atom stereocenters. The average molecular weight is 209 g/mol. The van der Waals surface area contributed by atoms with Gasteiger partial charge in [0.25, 0.3) is 0 Å². The summed E-state index contributed by atoms with van der Waals surface area (Å²) >= 11 is 0. The molecule has 15 heavy (non-hydrogen) atoms. The fraction of sp³-hybridized carbons (Fsp3) is 0.636. The molecular weight excluding hydrogens is 193 g/mol. The molecule has 1 saturated carbocycles. The van der Waals surface area contributed by atoms with E-state index in [-0.39, 0.29) is 5.92 Å². The van der Waals surface area contributed by atoms with Gasteiger partial charge in [0.1, 0.15) is 11.5 Å². The molecule has 0 amide bonds. The Morgan fingerprint density at radius 2 is 2.07 bits per heavy atom. The molecule has 4 heteroatoms. The molecule has 2 rings (SSSR count). The van der Waals surface area contributed by atoms with Gasteiger partial charge in [-0.2, -0.15) is 0 Å².